The monoisotopic (exact) mass is 722 g/mol. The highest BCUT2D eigenvalue weighted by molar-refractivity contribution is 5.15. The van der Waals surface area contributed by atoms with Crippen LogP contribution in [-0.4, -0.2) is 64.2 Å². The van der Waals surface area contributed by atoms with E-state index in [2.05, 4.69) is 73.2 Å². The van der Waals surface area contributed by atoms with Crippen molar-refractivity contribution in [2.45, 2.75) is 203 Å². The van der Waals surface area contributed by atoms with Crippen LogP contribution in [-0.2, 0) is 14.2 Å². The zero-order valence-electron chi connectivity index (χ0n) is 37.0. The number of hydrogen-bond acceptors (Lipinski definition) is 4. The zero-order valence-corrected chi connectivity index (χ0v) is 37.0. The van der Waals surface area contributed by atoms with Gasteiger partial charge in [0, 0.05) is 13.2 Å². The molecule has 0 amide bonds. The lowest BCUT2D eigenvalue weighted by Gasteiger charge is -2.39. The lowest BCUT2D eigenvalue weighted by atomic mass is 9.68. The van der Waals surface area contributed by atoms with Gasteiger partial charge >= 0.3 is 0 Å². The summed E-state index contributed by atoms with van der Waals surface area (Å²) >= 11 is 0. The maximum Gasteiger partial charge on any atom is 0.0648 e. The van der Waals surface area contributed by atoms with Crippen molar-refractivity contribution in [1.82, 2.24) is 4.90 Å². The Balaban J connectivity index is 0. The molecule has 4 heteroatoms. The highest BCUT2D eigenvalue weighted by Gasteiger charge is 2.37. The van der Waals surface area contributed by atoms with Crippen molar-refractivity contribution in [3.8, 4) is 0 Å². The summed E-state index contributed by atoms with van der Waals surface area (Å²) in [7, 11) is 4.17. The topological polar surface area (TPSA) is 30.9 Å². The molecule has 0 aromatic carbocycles. The van der Waals surface area contributed by atoms with Gasteiger partial charge in [0.05, 0.1) is 32.0 Å². The van der Waals surface area contributed by atoms with Crippen molar-refractivity contribution in [2.75, 3.05) is 47.1 Å². The minimum Gasteiger partial charge on any atom is -0.380 e. The van der Waals surface area contributed by atoms with Gasteiger partial charge in [-0.2, -0.15) is 0 Å². The van der Waals surface area contributed by atoms with Crippen LogP contribution in [0, 0.1) is 29.6 Å². The van der Waals surface area contributed by atoms with Crippen molar-refractivity contribution in [1.29, 1.82) is 0 Å². The Morgan fingerprint density at radius 2 is 1.45 bits per heavy atom. The van der Waals surface area contributed by atoms with Crippen molar-refractivity contribution in [3.63, 3.8) is 0 Å². The third kappa shape index (κ3) is 26.7. The van der Waals surface area contributed by atoms with Crippen LogP contribution in [0.3, 0.4) is 0 Å². The average molecular weight is 722 g/mol. The van der Waals surface area contributed by atoms with Crippen LogP contribution >= 0.6 is 0 Å². The molecular weight excluding hydrogens is 627 g/mol. The van der Waals surface area contributed by atoms with Crippen LogP contribution in [0.1, 0.15) is 191 Å². The zero-order chi connectivity index (χ0) is 38.7. The maximum atomic E-state index is 6.35. The maximum absolute atomic E-state index is 6.35. The van der Waals surface area contributed by atoms with Gasteiger partial charge < -0.3 is 19.1 Å². The predicted octanol–water partition coefficient (Wildman–Crippen LogP) is 14.1. The van der Waals surface area contributed by atoms with Gasteiger partial charge in [-0.3, -0.25) is 0 Å². The summed E-state index contributed by atoms with van der Waals surface area (Å²) in [5, 5.41) is 0. The summed E-state index contributed by atoms with van der Waals surface area (Å²) in [5.41, 5.74) is 1.75. The van der Waals surface area contributed by atoms with Crippen LogP contribution in [0.2, 0.25) is 0 Å². The van der Waals surface area contributed by atoms with E-state index < -0.39 is 0 Å². The Morgan fingerprint density at radius 1 is 0.824 bits per heavy atom. The normalized spacial score (nSPS) is 22.9. The number of ether oxygens (including phenoxy) is 3. The van der Waals surface area contributed by atoms with Crippen molar-refractivity contribution < 1.29 is 14.2 Å². The van der Waals surface area contributed by atoms with E-state index in [1.54, 1.807) is 11.6 Å². The standard InChI is InChI=1S/C33H59NO3.C7H16.C3H8.2C2H6/c1-5-20-35-25-31(34(3)4)26-36-21-11-9-7-8-10-12-22-37-32-19-18-28-23-30(17-16-29(28)24-32)33-15-13-14-27(33)6-2;1-4-5-6-7(2)3;1-3-2;2*1-2/h5,16,27-28,30-33H,1,6-15,17-26H2,2-4H3;7H,4-6H2,1-3H3;3H2,1-2H3;2*1-2H3. The van der Waals surface area contributed by atoms with Crippen molar-refractivity contribution in [2.24, 2.45) is 29.6 Å². The predicted molar refractivity (Wildman–Crippen MR) is 229 cm³/mol. The number of allylic oxidation sites excluding steroid dienone is 1. The molecule has 4 nitrogen and oxygen atoms in total. The molecule has 0 bridgehead atoms. The van der Waals surface area contributed by atoms with E-state index in [1.807, 2.05) is 27.7 Å². The van der Waals surface area contributed by atoms with Crippen molar-refractivity contribution >= 4 is 0 Å². The fourth-order valence-corrected chi connectivity index (χ4v) is 7.80. The third-order valence-electron chi connectivity index (χ3n) is 10.7. The molecule has 0 aromatic heterocycles. The molecule has 0 N–H and O–H groups in total. The first kappa shape index (κ1) is 52.4. The van der Waals surface area contributed by atoms with Gasteiger partial charge in [0.2, 0.25) is 0 Å². The second kappa shape index (κ2) is 37.6. The van der Waals surface area contributed by atoms with E-state index in [0.717, 1.165) is 55.8 Å². The Morgan fingerprint density at radius 3 is 2.02 bits per heavy atom. The first-order valence-electron chi connectivity index (χ1n) is 22.5. The Hall–Kier alpha value is -0.680. The molecule has 0 aromatic rings. The summed E-state index contributed by atoms with van der Waals surface area (Å²) in [5.74, 6) is 4.79. The van der Waals surface area contributed by atoms with Gasteiger partial charge in [-0.05, 0) is 95.1 Å². The fourth-order valence-electron chi connectivity index (χ4n) is 7.80. The second-order valence-corrected chi connectivity index (χ2v) is 15.6. The number of fused-ring (bicyclic) bond motifs is 1. The Kier molecular flexibility index (Phi) is 38.7. The van der Waals surface area contributed by atoms with Gasteiger partial charge in [0.25, 0.3) is 0 Å². The first-order chi connectivity index (χ1) is 24.8. The molecule has 6 unspecified atom stereocenters. The Labute approximate surface area is 322 Å². The summed E-state index contributed by atoms with van der Waals surface area (Å²) < 4.78 is 17.8. The van der Waals surface area contributed by atoms with Crippen LogP contribution in [0.5, 0.6) is 0 Å². The SMILES string of the molecule is C=CCOCC(COCCCCCCCCOC1CCC2CC(C3CCCC3CC)CC=C2C1)N(C)C.CC.CC.CCC.CCCCC(C)C. The van der Waals surface area contributed by atoms with E-state index in [0.29, 0.717) is 25.4 Å². The molecule has 2 saturated carbocycles. The largest absolute Gasteiger partial charge is 0.380 e. The molecule has 51 heavy (non-hydrogen) atoms. The minimum atomic E-state index is 0.312. The Bertz CT molecular complexity index is 750. The van der Waals surface area contributed by atoms with E-state index in [1.165, 1.54) is 116 Å². The molecule has 0 heterocycles. The molecular formula is C47H95NO3. The highest BCUT2D eigenvalue weighted by Crippen LogP contribution is 2.48. The van der Waals surface area contributed by atoms with E-state index in [-0.39, 0.29) is 0 Å². The highest BCUT2D eigenvalue weighted by atomic mass is 16.5. The van der Waals surface area contributed by atoms with E-state index in [9.17, 15) is 0 Å². The van der Waals surface area contributed by atoms with Crippen LogP contribution in [0.15, 0.2) is 24.3 Å². The number of nitrogens with zero attached hydrogens (tertiary/aromatic N) is 1. The first-order valence-corrected chi connectivity index (χ1v) is 22.5. The smallest absolute Gasteiger partial charge is 0.0648 e. The van der Waals surface area contributed by atoms with E-state index in [4.69, 9.17) is 14.2 Å². The minimum absolute atomic E-state index is 0.312. The molecule has 0 radical (unpaired) electrons. The quantitative estimate of drug-likeness (QED) is 0.0823. The van der Waals surface area contributed by atoms with Crippen LogP contribution in [0.4, 0.5) is 0 Å². The fraction of sp³-hybridized carbons (Fsp3) is 0.915. The summed E-state index contributed by atoms with van der Waals surface area (Å²) in [6, 6.07) is 0.312. The average Bonchev–Trinajstić information content (AvgIpc) is 3.63. The molecule has 0 aliphatic heterocycles. The number of hydrogen-bond donors (Lipinski definition) is 0. The van der Waals surface area contributed by atoms with Gasteiger partial charge in [-0.1, -0.05) is 158 Å². The van der Waals surface area contributed by atoms with Gasteiger partial charge in [0.1, 0.15) is 0 Å². The molecule has 3 rings (SSSR count). The number of unbranched alkanes of at least 4 members (excludes halogenated alkanes) is 6. The van der Waals surface area contributed by atoms with Crippen LogP contribution in [0.25, 0.3) is 0 Å². The molecule has 6 atom stereocenters. The molecule has 0 spiro atoms. The lowest BCUT2D eigenvalue weighted by Crippen LogP contribution is -2.36. The molecule has 2 fully saturated rings. The van der Waals surface area contributed by atoms with E-state index >= 15 is 0 Å². The lowest BCUT2D eigenvalue weighted by molar-refractivity contribution is 0.0258. The summed E-state index contributed by atoms with van der Waals surface area (Å²) in [6.45, 7) is 29.0. The molecule has 0 saturated heterocycles. The van der Waals surface area contributed by atoms with Gasteiger partial charge in [-0.15, -0.1) is 6.58 Å². The molecule has 3 aliphatic carbocycles. The van der Waals surface area contributed by atoms with Crippen LogP contribution < -0.4 is 0 Å². The molecule has 306 valence electrons. The second-order valence-electron chi connectivity index (χ2n) is 15.6. The van der Waals surface area contributed by atoms with Crippen molar-refractivity contribution in [3.05, 3.63) is 24.3 Å². The number of likely N-dealkylation sites (N-methyl/N-ethyl adjacent to an activating group) is 1. The third-order valence-corrected chi connectivity index (χ3v) is 10.7. The van der Waals surface area contributed by atoms with Gasteiger partial charge in [-0.25, -0.2) is 0 Å². The summed E-state index contributed by atoms with van der Waals surface area (Å²) in [6.07, 6.45) is 30.5. The summed E-state index contributed by atoms with van der Waals surface area (Å²) in [4.78, 5) is 2.18. The van der Waals surface area contributed by atoms with Gasteiger partial charge in [0.15, 0.2) is 0 Å². The molecule has 3 aliphatic rings. The number of rotatable bonds is 22.